The zero-order valence-corrected chi connectivity index (χ0v) is 11.2. The molecule has 3 aromatic rings. The number of benzene rings is 2. The number of nitrogens with two attached hydrogens (primary N) is 1. The third kappa shape index (κ3) is 2.02. The third-order valence-electron chi connectivity index (χ3n) is 3.52. The summed E-state index contributed by atoms with van der Waals surface area (Å²) in [7, 11) is 1.95. The number of para-hydroxylation sites is 1. The summed E-state index contributed by atoms with van der Waals surface area (Å²) < 4.78 is 1.89. The molecule has 0 amide bonds. The van der Waals surface area contributed by atoms with Gasteiger partial charge in [-0.3, -0.25) is 4.68 Å². The molecule has 0 radical (unpaired) electrons. The predicted octanol–water partition coefficient (Wildman–Crippen LogP) is 2.93. The van der Waals surface area contributed by atoms with Crippen LogP contribution >= 0.6 is 0 Å². The van der Waals surface area contributed by atoms with Gasteiger partial charge in [0, 0.05) is 12.4 Å². The predicted molar refractivity (Wildman–Crippen MR) is 77.9 cm³/mol. The highest BCUT2D eigenvalue weighted by Crippen LogP contribution is 2.26. The van der Waals surface area contributed by atoms with Gasteiger partial charge in [0.15, 0.2) is 0 Å². The van der Waals surface area contributed by atoms with Crippen LogP contribution in [0.25, 0.3) is 10.9 Å². The van der Waals surface area contributed by atoms with Crippen LogP contribution in [0.2, 0.25) is 0 Å². The second-order valence-corrected chi connectivity index (χ2v) is 4.91. The molecule has 2 N–H and O–H groups in total. The van der Waals surface area contributed by atoms with Gasteiger partial charge in [-0.2, -0.15) is 5.10 Å². The first kappa shape index (κ1) is 11.9. The van der Waals surface area contributed by atoms with Crippen molar-refractivity contribution in [3.8, 4) is 0 Å². The highest BCUT2D eigenvalue weighted by molar-refractivity contribution is 5.82. The molecule has 1 aromatic heterocycles. The van der Waals surface area contributed by atoms with Crippen molar-refractivity contribution < 1.29 is 0 Å². The fourth-order valence-electron chi connectivity index (χ4n) is 2.40. The third-order valence-corrected chi connectivity index (χ3v) is 3.52. The normalized spacial score (nSPS) is 12.8. The topological polar surface area (TPSA) is 43.8 Å². The highest BCUT2D eigenvalue weighted by Gasteiger charge is 2.16. The quantitative estimate of drug-likeness (QED) is 0.761. The van der Waals surface area contributed by atoms with Crippen LogP contribution in [0.3, 0.4) is 0 Å². The molecule has 0 bridgehead atoms. The van der Waals surface area contributed by atoms with Gasteiger partial charge in [0.25, 0.3) is 0 Å². The summed E-state index contributed by atoms with van der Waals surface area (Å²) in [4.78, 5) is 0. The van der Waals surface area contributed by atoms with Gasteiger partial charge in [0.05, 0.1) is 17.3 Å². The maximum Gasteiger partial charge on any atom is 0.0915 e. The van der Waals surface area contributed by atoms with Gasteiger partial charge in [0.1, 0.15) is 0 Å². The fourth-order valence-corrected chi connectivity index (χ4v) is 2.40. The van der Waals surface area contributed by atoms with Crippen LogP contribution in [-0.2, 0) is 7.05 Å². The first-order valence-corrected chi connectivity index (χ1v) is 6.40. The van der Waals surface area contributed by atoms with Gasteiger partial charge in [-0.15, -0.1) is 0 Å². The highest BCUT2D eigenvalue weighted by atomic mass is 15.3. The Morgan fingerprint density at radius 1 is 1.05 bits per heavy atom. The zero-order chi connectivity index (χ0) is 13.4. The minimum Gasteiger partial charge on any atom is -0.319 e. The lowest BCUT2D eigenvalue weighted by atomic mass is 10.0. The smallest absolute Gasteiger partial charge is 0.0915 e. The van der Waals surface area contributed by atoms with Crippen molar-refractivity contribution in [3.63, 3.8) is 0 Å². The van der Waals surface area contributed by atoms with Crippen LogP contribution in [0.4, 0.5) is 0 Å². The lowest BCUT2D eigenvalue weighted by Gasteiger charge is -2.10. The van der Waals surface area contributed by atoms with E-state index in [2.05, 4.69) is 48.4 Å². The van der Waals surface area contributed by atoms with Crippen LogP contribution in [0, 0.1) is 6.92 Å². The largest absolute Gasteiger partial charge is 0.319 e. The van der Waals surface area contributed by atoms with E-state index in [1.807, 2.05) is 23.9 Å². The first-order chi connectivity index (χ1) is 9.16. The van der Waals surface area contributed by atoms with Gasteiger partial charge in [-0.25, -0.2) is 0 Å². The van der Waals surface area contributed by atoms with E-state index in [1.54, 1.807) is 0 Å². The molecule has 19 heavy (non-hydrogen) atoms. The molecular weight excluding hydrogens is 234 g/mol. The van der Waals surface area contributed by atoms with Crippen molar-refractivity contribution in [1.29, 1.82) is 0 Å². The van der Waals surface area contributed by atoms with Crippen LogP contribution in [0.15, 0.2) is 48.5 Å². The number of fused-ring (bicyclic) bond motifs is 1. The molecule has 1 unspecified atom stereocenters. The molecule has 3 rings (SSSR count). The molecule has 0 saturated heterocycles. The molecule has 3 heteroatoms. The van der Waals surface area contributed by atoms with Crippen molar-refractivity contribution in [3.05, 3.63) is 65.4 Å². The molecule has 96 valence electrons. The Morgan fingerprint density at radius 2 is 1.74 bits per heavy atom. The summed E-state index contributed by atoms with van der Waals surface area (Å²) in [6.07, 6.45) is 0. The number of hydrogen-bond donors (Lipinski definition) is 1. The summed E-state index contributed by atoms with van der Waals surface area (Å²) in [5.41, 5.74) is 10.7. The molecule has 0 saturated carbocycles. The summed E-state index contributed by atoms with van der Waals surface area (Å²) in [6.45, 7) is 2.07. The zero-order valence-electron chi connectivity index (χ0n) is 11.2. The maximum atomic E-state index is 6.37. The van der Waals surface area contributed by atoms with E-state index >= 15 is 0 Å². The molecule has 0 aliphatic heterocycles. The van der Waals surface area contributed by atoms with E-state index in [0.717, 1.165) is 22.2 Å². The summed E-state index contributed by atoms with van der Waals surface area (Å²) in [6, 6.07) is 16.3. The first-order valence-electron chi connectivity index (χ1n) is 6.40. The minimum absolute atomic E-state index is 0.188. The second-order valence-electron chi connectivity index (χ2n) is 4.91. The average molecular weight is 251 g/mol. The van der Waals surface area contributed by atoms with Gasteiger partial charge in [-0.05, 0) is 18.6 Å². The Morgan fingerprint density at radius 3 is 2.47 bits per heavy atom. The van der Waals surface area contributed by atoms with Gasteiger partial charge < -0.3 is 5.73 Å². The number of rotatable bonds is 2. The van der Waals surface area contributed by atoms with Crippen molar-refractivity contribution in [2.45, 2.75) is 13.0 Å². The SMILES string of the molecule is Cc1ccc(C(N)c2nn(C)c3ccccc23)cc1. The van der Waals surface area contributed by atoms with Gasteiger partial charge >= 0.3 is 0 Å². The monoisotopic (exact) mass is 251 g/mol. The summed E-state index contributed by atoms with van der Waals surface area (Å²) >= 11 is 0. The van der Waals surface area contributed by atoms with Crippen LogP contribution in [0.1, 0.15) is 22.9 Å². The van der Waals surface area contributed by atoms with Crippen LogP contribution in [-0.4, -0.2) is 9.78 Å². The summed E-state index contributed by atoms with van der Waals surface area (Å²) in [5, 5.41) is 5.70. The number of aryl methyl sites for hydroxylation is 2. The molecule has 1 heterocycles. The van der Waals surface area contributed by atoms with Crippen LogP contribution in [0.5, 0.6) is 0 Å². The van der Waals surface area contributed by atoms with E-state index in [9.17, 15) is 0 Å². The molecule has 0 aliphatic rings. The average Bonchev–Trinajstić information content (AvgIpc) is 2.77. The number of hydrogen-bond acceptors (Lipinski definition) is 2. The molecular formula is C16H17N3. The van der Waals surface area contributed by atoms with E-state index in [-0.39, 0.29) is 6.04 Å². The van der Waals surface area contributed by atoms with E-state index < -0.39 is 0 Å². The Balaban J connectivity index is 2.11. The van der Waals surface area contributed by atoms with E-state index in [1.165, 1.54) is 5.56 Å². The molecule has 2 aromatic carbocycles. The van der Waals surface area contributed by atoms with Crippen molar-refractivity contribution in [2.24, 2.45) is 12.8 Å². The van der Waals surface area contributed by atoms with Gasteiger partial charge in [0.2, 0.25) is 0 Å². The molecule has 0 fully saturated rings. The Kier molecular flexibility index (Phi) is 2.84. The lowest BCUT2D eigenvalue weighted by molar-refractivity contribution is 0.732. The Hall–Kier alpha value is -2.13. The van der Waals surface area contributed by atoms with Crippen molar-refractivity contribution in [2.75, 3.05) is 0 Å². The van der Waals surface area contributed by atoms with Crippen LogP contribution < -0.4 is 5.73 Å². The minimum atomic E-state index is -0.188. The van der Waals surface area contributed by atoms with E-state index in [0.29, 0.717) is 0 Å². The van der Waals surface area contributed by atoms with Crippen molar-refractivity contribution in [1.82, 2.24) is 9.78 Å². The molecule has 0 spiro atoms. The maximum absolute atomic E-state index is 6.37. The Bertz CT molecular complexity index is 710. The molecule has 0 aliphatic carbocycles. The van der Waals surface area contributed by atoms with E-state index in [4.69, 9.17) is 5.73 Å². The lowest BCUT2D eigenvalue weighted by Crippen LogP contribution is -2.13. The van der Waals surface area contributed by atoms with Gasteiger partial charge in [-0.1, -0.05) is 48.0 Å². The standard InChI is InChI=1S/C16H17N3/c1-11-7-9-12(10-8-11)15(17)16-13-5-3-4-6-14(13)19(2)18-16/h3-10,15H,17H2,1-2H3. The molecule has 1 atom stereocenters. The number of aromatic nitrogens is 2. The summed E-state index contributed by atoms with van der Waals surface area (Å²) in [5.74, 6) is 0. The fraction of sp³-hybridized carbons (Fsp3) is 0.188. The molecule has 3 nitrogen and oxygen atoms in total. The second kappa shape index (κ2) is 4.52. The number of nitrogens with zero attached hydrogens (tertiary/aromatic N) is 2. The van der Waals surface area contributed by atoms with Crippen molar-refractivity contribution >= 4 is 10.9 Å². The Labute approximate surface area is 112 Å².